The molecule has 4 heterocycles. The topological polar surface area (TPSA) is 92.5 Å². The van der Waals surface area contributed by atoms with E-state index in [1.807, 2.05) is 13.0 Å². The lowest BCUT2D eigenvalue weighted by molar-refractivity contribution is -0.132. The number of carbonyl (C=O) groups excluding carboxylic acids is 1. The summed E-state index contributed by atoms with van der Waals surface area (Å²) in [5, 5.41) is 4.53. The van der Waals surface area contributed by atoms with Gasteiger partial charge >= 0.3 is 0 Å². The first kappa shape index (κ1) is 33.1. The molecule has 4 aromatic rings. The average Bonchev–Trinajstić information content (AvgIpc) is 3.50. The van der Waals surface area contributed by atoms with Gasteiger partial charge in [0, 0.05) is 62.2 Å². The third-order valence-electron chi connectivity index (χ3n) is 8.09. The number of unbranched alkanes of at least 4 members (excludes halogenated alkanes) is 2. The maximum Gasteiger partial charge on any atom is 0.244 e. The first-order chi connectivity index (χ1) is 22.4. The molecular formula is C34H42F2N8O2. The molecule has 2 aromatic heterocycles. The van der Waals surface area contributed by atoms with Gasteiger partial charge in [-0.1, -0.05) is 19.8 Å². The maximum atomic E-state index is 13.5. The minimum absolute atomic E-state index is 0.0203. The second-order valence-electron chi connectivity index (χ2n) is 11.5. The molecule has 12 heteroatoms. The number of piperazine rings is 1. The van der Waals surface area contributed by atoms with Crippen LogP contribution in [0.5, 0.6) is 0 Å². The smallest absolute Gasteiger partial charge is 0.244 e. The molecule has 0 saturated carbocycles. The Morgan fingerprint density at radius 3 is 2.13 bits per heavy atom. The first-order valence-corrected chi connectivity index (χ1v) is 16.0. The van der Waals surface area contributed by atoms with Gasteiger partial charge in [0.25, 0.3) is 0 Å². The SMILES string of the molecule is CCCCCN1CCOCC1.Cc1cc(N2CCN(C(=O)Cn3nc(-c4ccc(F)cc4)nc3-c3ccc(F)cc3)CC2)ncn1. The number of aromatic nitrogens is 5. The molecule has 2 aromatic carbocycles. The quantitative estimate of drug-likeness (QED) is 0.242. The van der Waals surface area contributed by atoms with Crippen molar-refractivity contribution in [2.75, 3.05) is 63.9 Å². The van der Waals surface area contributed by atoms with Crippen molar-refractivity contribution in [1.29, 1.82) is 0 Å². The molecule has 244 valence electrons. The molecule has 10 nitrogen and oxygen atoms in total. The summed E-state index contributed by atoms with van der Waals surface area (Å²) in [7, 11) is 0. The summed E-state index contributed by atoms with van der Waals surface area (Å²) in [6.45, 7) is 12.0. The van der Waals surface area contributed by atoms with E-state index in [4.69, 9.17) is 4.74 Å². The van der Waals surface area contributed by atoms with Crippen molar-refractivity contribution in [3.8, 4) is 22.8 Å². The van der Waals surface area contributed by atoms with Crippen LogP contribution in [0, 0.1) is 18.6 Å². The Balaban J connectivity index is 0.000000322. The second kappa shape index (κ2) is 16.3. The molecule has 46 heavy (non-hydrogen) atoms. The van der Waals surface area contributed by atoms with Gasteiger partial charge in [-0.05, 0) is 68.4 Å². The van der Waals surface area contributed by atoms with Crippen LogP contribution in [0.2, 0.25) is 0 Å². The van der Waals surface area contributed by atoms with Crippen LogP contribution in [-0.2, 0) is 16.1 Å². The molecule has 2 aliphatic heterocycles. The first-order valence-electron chi connectivity index (χ1n) is 16.0. The van der Waals surface area contributed by atoms with E-state index in [1.54, 1.807) is 35.5 Å². The van der Waals surface area contributed by atoms with Crippen molar-refractivity contribution in [2.24, 2.45) is 0 Å². The van der Waals surface area contributed by atoms with Gasteiger partial charge in [-0.2, -0.15) is 0 Å². The monoisotopic (exact) mass is 632 g/mol. The largest absolute Gasteiger partial charge is 0.379 e. The lowest BCUT2D eigenvalue weighted by Crippen LogP contribution is -2.50. The fourth-order valence-electron chi connectivity index (χ4n) is 5.42. The van der Waals surface area contributed by atoms with Gasteiger partial charge in [-0.3, -0.25) is 9.69 Å². The van der Waals surface area contributed by atoms with Gasteiger partial charge < -0.3 is 14.5 Å². The highest BCUT2D eigenvalue weighted by Crippen LogP contribution is 2.24. The molecule has 0 aliphatic carbocycles. The van der Waals surface area contributed by atoms with Crippen LogP contribution in [-0.4, -0.2) is 99.5 Å². The van der Waals surface area contributed by atoms with Gasteiger partial charge in [0.05, 0.1) is 13.2 Å². The summed E-state index contributed by atoms with van der Waals surface area (Å²) in [4.78, 5) is 32.6. The number of anilines is 1. The molecule has 0 unspecified atom stereocenters. The van der Waals surface area contributed by atoms with Crippen LogP contribution in [0.3, 0.4) is 0 Å². The summed E-state index contributed by atoms with van der Waals surface area (Å²) < 4.78 is 33.7. The number of ether oxygens (including phenoxy) is 1. The molecule has 1 amide bonds. The van der Waals surface area contributed by atoms with Crippen LogP contribution in [0.25, 0.3) is 22.8 Å². The predicted octanol–water partition coefficient (Wildman–Crippen LogP) is 4.85. The number of halogens is 2. The summed E-state index contributed by atoms with van der Waals surface area (Å²) in [5.74, 6) is 0.824. The van der Waals surface area contributed by atoms with E-state index < -0.39 is 0 Å². The van der Waals surface area contributed by atoms with E-state index in [0.29, 0.717) is 49.0 Å². The van der Waals surface area contributed by atoms with Crippen LogP contribution >= 0.6 is 0 Å². The number of morpholine rings is 1. The highest BCUT2D eigenvalue weighted by molar-refractivity contribution is 5.77. The van der Waals surface area contributed by atoms with Crippen LogP contribution in [0.4, 0.5) is 14.6 Å². The predicted molar refractivity (Wildman–Crippen MR) is 173 cm³/mol. The average molecular weight is 633 g/mol. The van der Waals surface area contributed by atoms with E-state index >= 15 is 0 Å². The minimum Gasteiger partial charge on any atom is -0.379 e. The number of aryl methyl sites for hydroxylation is 1. The third kappa shape index (κ3) is 9.13. The van der Waals surface area contributed by atoms with Crippen molar-refractivity contribution in [3.05, 3.63) is 78.3 Å². The van der Waals surface area contributed by atoms with Gasteiger partial charge in [-0.15, -0.1) is 5.10 Å². The van der Waals surface area contributed by atoms with Crippen LogP contribution in [0.15, 0.2) is 60.9 Å². The minimum atomic E-state index is -0.369. The number of hydrogen-bond acceptors (Lipinski definition) is 8. The van der Waals surface area contributed by atoms with E-state index in [2.05, 4.69) is 36.8 Å². The fourth-order valence-corrected chi connectivity index (χ4v) is 5.42. The van der Waals surface area contributed by atoms with Gasteiger partial charge in [0.15, 0.2) is 11.6 Å². The molecule has 0 spiro atoms. The summed E-state index contributed by atoms with van der Waals surface area (Å²) in [5.41, 5.74) is 2.14. The molecule has 0 atom stereocenters. The van der Waals surface area contributed by atoms with E-state index in [9.17, 15) is 13.6 Å². The summed E-state index contributed by atoms with van der Waals surface area (Å²) >= 11 is 0. The number of carbonyl (C=O) groups is 1. The Hall–Kier alpha value is -4.29. The van der Waals surface area contributed by atoms with E-state index in [0.717, 1.165) is 37.8 Å². The van der Waals surface area contributed by atoms with E-state index in [-0.39, 0.29) is 24.1 Å². The van der Waals surface area contributed by atoms with Gasteiger partial charge in [0.1, 0.15) is 30.3 Å². The van der Waals surface area contributed by atoms with Gasteiger partial charge in [-0.25, -0.2) is 28.4 Å². The lowest BCUT2D eigenvalue weighted by atomic mass is 10.2. The lowest BCUT2D eigenvalue weighted by Gasteiger charge is -2.35. The Morgan fingerprint density at radius 1 is 0.848 bits per heavy atom. The molecule has 0 bridgehead atoms. The zero-order valence-corrected chi connectivity index (χ0v) is 26.6. The molecule has 2 aliphatic rings. The van der Waals surface area contributed by atoms with Crippen molar-refractivity contribution >= 4 is 11.7 Å². The summed E-state index contributed by atoms with van der Waals surface area (Å²) in [6, 6.07) is 13.6. The zero-order chi connectivity index (χ0) is 32.3. The Bertz CT molecular complexity index is 1530. The van der Waals surface area contributed by atoms with Crippen molar-refractivity contribution in [3.63, 3.8) is 0 Å². The third-order valence-corrected chi connectivity index (χ3v) is 8.09. The summed E-state index contributed by atoms with van der Waals surface area (Å²) in [6.07, 6.45) is 5.60. The zero-order valence-electron chi connectivity index (χ0n) is 26.6. The Morgan fingerprint density at radius 2 is 1.50 bits per heavy atom. The fraction of sp³-hybridized carbons (Fsp3) is 0.441. The highest BCUT2D eigenvalue weighted by Gasteiger charge is 2.24. The van der Waals surface area contributed by atoms with E-state index in [1.165, 1.54) is 54.8 Å². The maximum absolute atomic E-state index is 13.5. The highest BCUT2D eigenvalue weighted by atomic mass is 19.1. The molecular weight excluding hydrogens is 590 g/mol. The standard InChI is InChI=1S/C25H23F2N7O.C9H19NO/c1-17-14-22(29-16-28-17)32-10-12-33(13-11-32)23(35)15-34-25(19-4-8-21(27)9-5-19)30-24(31-34)18-2-6-20(26)7-3-18;1-2-3-4-5-10-6-8-11-9-7-10/h2-9,14,16H,10-13,15H2,1H3;2-9H2,1H3. The number of hydrogen-bond donors (Lipinski definition) is 0. The molecule has 0 radical (unpaired) electrons. The molecule has 0 N–H and O–H groups in total. The number of nitrogens with zero attached hydrogens (tertiary/aromatic N) is 8. The second-order valence-corrected chi connectivity index (χ2v) is 11.5. The molecule has 2 saturated heterocycles. The van der Waals surface area contributed by atoms with Crippen molar-refractivity contribution < 1.29 is 18.3 Å². The normalized spacial score (nSPS) is 15.4. The number of benzene rings is 2. The number of rotatable bonds is 9. The Labute approximate surface area is 269 Å². The molecule has 6 rings (SSSR count). The number of amides is 1. The van der Waals surface area contributed by atoms with Crippen molar-refractivity contribution in [2.45, 2.75) is 39.7 Å². The Kier molecular flexibility index (Phi) is 11.7. The van der Waals surface area contributed by atoms with Crippen LogP contribution < -0.4 is 4.90 Å². The van der Waals surface area contributed by atoms with Crippen molar-refractivity contribution in [1.82, 2.24) is 34.5 Å². The van der Waals surface area contributed by atoms with Gasteiger partial charge in [0.2, 0.25) is 5.91 Å². The van der Waals surface area contributed by atoms with Crippen LogP contribution in [0.1, 0.15) is 31.9 Å². The molecule has 2 fully saturated rings.